The summed E-state index contributed by atoms with van der Waals surface area (Å²) in [6, 6.07) is 14.3. The quantitative estimate of drug-likeness (QED) is 0.0692. The van der Waals surface area contributed by atoms with Gasteiger partial charge in [-0.05, 0) is 100 Å². The lowest BCUT2D eigenvalue weighted by Crippen LogP contribution is -2.60. The number of fused-ring (bicyclic) bond motifs is 4. The van der Waals surface area contributed by atoms with Gasteiger partial charge >= 0.3 is 12.2 Å². The van der Waals surface area contributed by atoms with Crippen molar-refractivity contribution in [3.05, 3.63) is 112 Å². The van der Waals surface area contributed by atoms with Crippen molar-refractivity contribution < 1.29 is 54.0 Å². The first-order valence-electron chi connectivity index (χ1n) is 29.5. The van der Waals surface area contributed by atoms with Crippen LogP contribution < -0.4 is 30.9 Å². The van der Waals surface area contributed by atoms with Crippen LogP contribution in [0.5, 0.6) is 6.01 Å². The molecule has 4 N–H and O–H groups in total. The number of piperazine rings is 1. The predicted molar refractivity (Wildman–Crippen MR) is 318 cm³/mol. The number of alkyl halides is 3. The van der Waals surface area contributed by atoms with E-state index in [1.54, 1.807) is 19.1 Å². The summed E-state index contributed by atoms with van der Waals surface area (Å²) in [5.41, 5.74) is 3.89. The zero-order chi connectivity index (χ0) is 62.2. The highest BCUT2D eigenvalue weighted by Crippen LogP contribution is 2.49. The van der Waals surface area contributed by atoms with Gasteiger partial charge in [-0.25, -0.2) is 22.0 Å². The molecular weight excluding hydrogens is 1160 g/mol. The van der Waals surface area contributed by atoms with E-state index in [1.165, 1.54) is 12.1 Å². The Kier molecular flexibility index (Phi) is 18.4. The van der Waals surface area contributed by atoms with Crippen molar-refractivity contribution in [3.8, 4) is 34.3 Å². The second kappa shape index (κ2) is 25.6. The van der Waals surface area contributed by atoms with Crippen LogP contribution in [0.2, 0.25) is 0 Å². The second-order valence-electron chi connectivity index (χ2n) is 23.4. The first-order valence-corrected chi connectivity index (χ1v) is 30.3. The highest BCUT2D eigenvalue weighted by atomic mass is 32.1. The summed E-state index contributed by atoms with van der Waals surface area (Å²) in [5, 5.41) is 20.0. The van der Waals surface area contributed by atoms with Crippen molar-refractivity contribution in [3.63, 3.8) is 0 Å². The van der Waals surface area contributed by atoms with E-state index in [0.29, 0.717) is 49.5 Å². The number of thiophene rings is 1. The molecule has 0 aliphatic carbocycles. The van der Waals surface area contributed by atoms with E-state index in [1.807, 2.05) is 49.6 Å². The lowest BCUT2D eigenvalue weighted by Gasteiger charge is -2.54. The van der Waals surface area contributed by atoms with Gasteiger partial charge in [-0.1, -0.05) is 63.2 Å². The summed E-state index contributed by atoms with van der Waals surface area (Å²) >= 11 is 0.718. The largest absolute Gasteiger partial charge is 0.462 e. The van der Waals surface area contributed by atoms with Crippen LogP contribution in [0.25, 0.3) is 43.2 Å². The monoisotopic (exact) mass is 1230 g/mol. The van der Waals surface area contributed by atoms with Crippen LogP contribution in [-0.2, 0) is 15.8 Å². The van der Waals surface area contributed by atoms with Crippen molar-refractivity contribution in [2.75, 3.05) is 74.5 Å². The first kappa shape index (κ1) is 62.4. The zero-order valence-electron chi connectivity index (χ0n) is 49.1. The minimum atomic E-state index is -5.05. The van der Waals surface area contributed by atoms with E-state index in [0.717, 1.165) is 112 Å². The Bertz CT molecular complexity index is 3670. The minimum absolute atomic E-state index is 0.0654. The first-order chi connectivity index (χ1) is 41.6. The number of carbonyl (C=O) groups excluding carboxylic acids is 2. The number of amides is 2. The van der Waals surface area contributed by atoms with Crippen LogP contribution >= 0.6 is 11.3 Å². The molecule has 7 aromatic rings. The van der Waals surface area contributed by atoms with Crippen molar-refractivity contribution in [2.24, 2.45) is 11.3 Å². The van der Waals surface area contributed by atoms with E-state index in [9.17, 15) is 28.0 Å². The molecule has 462 valence electrons. The molecule has 4 aromatic carbocycles. The standard InChI is InChI=1S/C46H51F5N10O3S.C15H12F3NO.C2H6/c1-24(2)35(43(62)61-12-4-5-25(61)3)33-18-34(57-64-33)60-22-45(23-60)10-13-58(14-11-45)15-16-63-44-55-39-29(42(56-44)59-20-26-6-7-27(21-59)54-26)17-31(46(49,50)51)37(38(39)48)28-8-9-32(47)40-36(28)30(19-52)41(53)65-40;1-9(19-8-20)10-2-4-11(5-3-10)15-13(17)6-12(16)7-14(15)18;1-2/h8-9,17-18,24-27,35,54H,4-7,10-16,20-23,53H2,1-3H3;2-9H,1H3,(H,19,20);1-2H3. The molecule has 12 rings (SSSR count). The number of nitrogen functional groups attached to an aromatic ring is 1. The number of hydrogen-bond acceptors (Lipinski definition) is 14. The number of nitrogens with two attached hydrogens (primary N) is 1. The maximum Gasteiger partial charge on any atom is 0.417 e. The fraction of sp³-hybridized carbons (Fsp3) is 0.460. The molecule has 5 aliphatic heterocycles. The molecule has 5 unspecified atom stereocenters. The van der Waals surface area contributed by atoms with Gasteiger partial charge < -0.3 is 40.3 Å². The molecule has 87 heavy (non-hydrogen) atoms. The van der Waals surface area contributed by atoms with Gasteiger partial charge in [0.25, 0.3) is 0 Å². The molecule has 5 fully saturated rings. The Labute approximate surface area is 502 Å². The number of aromatic nitrogens is 3. The van der Waals surface area contributed by atoms with Crippen LogP contribution in [0.3, 0.4) is 0 Å². The summed E-state index contributed by atoms with van der Waals surface area (Å²) < 4.78 is 130. The van der Waals surface area contributed by atoms with Crippen molar-refractivity contribution in [1.29, 1.82) is 5.26 Å². The number of carbonyl (C=O) groups is 2. The molecule has 5 aliphatic rings. The van der Waals surface area contributed by atoms with Gasteiger partial charge in [0, 0.05) is 97.3 Å². The highest BCUT2D eigenvalue weighted by molar-refractivity contribution is 7.23. The number of nitrogens with zero attached hydrogens (tertiary/aromatic N) is 8. The van der Waals surface area contributed by atoms with Gasteiger partial charge in [0.05, 0.1) is 27.4 Å². The summed E-state index contributed by atoms with van der Waals surface area (Å²) in [4.78, 5) is 41.3. The van der Waals surface area contributed by atoms with Gasteiger partial charge in [-0.2, -0.15) is 28.4 Å². The molecular formula is C63H69F8N11O4S. The molecule has 2 amide bonds. The van der Waals surface area contributed by atoms with Crippen LogP contribution in [0.15, 0.2) is 65.2 Å². The number of benzene rings is 4. The van der Waals surface area contributed by atoms with E-state index in [4.69, 9.17) is 15.0 Å². The molecule has 5 atom stereocenters. The number of ether oxygens (including phenoxy) is 1. The minimum Gasteiger partial charge on any atom is -0.462 e. The van der Waals surface area contributed by atoms with E-state index in [2.05, 4.69) is 42.5 Å². The number of rotatable bonds is 14. The van der Waals surface area contributed by atoms with Gasteiger partial charge in [-0.15, -0.1) is 11.3 Å². The maximum absolute atomic E-state index is 17.2. The number of halogens is 8. The Morgan fingerprint density at radius 1 is 0.920 bits per heavy atom. The number of nitrogens with one attached hydrogen (secondary N) is 2. The van der Waals surface area contributed by atoms with Crippen molar-refractivity contribution in [1.82, 2.24) is 35.6 Å². The molecule has 24 heteroatoms. The predicted octanol–water partition coefficient (Wildman–Crippen LogP) is 12.5. The van der Waals surface area contributed by atoms with Gasteiger partial charge in [-0.3, -0.25) is 14.5 Å². The van der Waals surface area contributed by atoms with Crippen LogP contribution in [-0.4, -0.2) is 114 Å². The summed E-state index contributed by atoms with van der Waals surface area (Å²) in [6.07, 6.45) is 1.24. The average molecular weight is 1230 g/mol. The third-order valence-corrected chi connectivity index (χ3v) is 18.5. The SMILES string of the molecule is CC.CC(C)C(C(=O)N1CCCC1C)c1cc(N2CC3(CCN(CCOc4nc(N5CC6CCC(C5)N6)c5cc(C(F)(F)F)c(-c6ccc(F)c7sc(N)c(C#N)c67)c(F)c5n4)CC3)C2)no1.CC(NC=O)c1ccc(-c2c(F)cc(F)cc2F)cc1. The number of piperidine rings is 1. The van der Waals surface area contributed by atoms with Crippen LogP contribution in [0.1, 0.15) is 114 Å². The molecule has 1 spiro atoms. The average Bonchev–Trinajstić information content (AvgIpc) is 3.48. The molecule has 0 saturated carbocycles. The Balaban J connectivity index is 0.000000322. The van der Waals surface area contributed by atoms with Crippen LogP contribution in [0, 0.1) is 51.8 Å². The van der Waals surface area contributed by atoms with Crippen molar-refractivity contribution >= 4 is 61.3 Å². The molecule has 2 bridgehead atoms. The number of anilines is 3. The van der Waals surface area contributed by atoms with Gasteiger partial charge in [0.1, 0.15) is 58.2 Å². The zero-order valence-corrected chi connectivity index (χ0v) is 50.0. The van der Waals surface area contributed by atoms with E-state index in [-0.39, 0.29) is 108 Å². The second-order valence-corrected chi connectivity index (χ2v) is 24.4. The molecule has 3 aromatic heterocycles. The fourth-order valence-electron chi connectivity index (χ4n) is 12.9. The summed E-state index contributed by atoms with van der Waals surface area (Å²) in [5.74, 6) is -3.63. The number of hydrogen-bond donors (Lipinski definition) is 3. The van der Waals surface area contributed by atoms with E-state index >= 15 is 22.0 Å². The fourth-order valence-corrected chi connectivity index (χ4v) is 13.9. The van der Waals surface area contributed by atoms with Gasteiger partial charge in [0.2, 0.25) is 12.3 Å². The van der Waals surface area contributed by atoms with E-state index < -0.39 is 46.4 Å². The maximum atomic E-state index is 17.2. The molecule has 0 radical (unpaired) electrons. The Morgan fingerprint density at radius 2 is 1.60 bits per heavy atom. The third kappa shape index (κ3) is 12.6. The highest BCUT2D eigenvalue weighted by Gasteiger charge is 2.47. The van der Waals surface area contributed by atoms with Gasteiger partial charge in [0.15, 0.2) is 17.4 Å². The molecule has 5 saturated heterocycles. The third-order valence-electron chi connectivity index (χ3n) is 17.5. The number of likely N-dealkylation sites (tertiary alicyclic amines) is 2. The van der Waals surface area contributed by atoms with Crippen LogP contribution in [0.4, 0.5) is 51.8 Å². The summed E-state index contributed by atoms with van der Waals surface area (Å²) in [6.45, 7) is 17.6. The summed E-state index contributed by atoms with van der Waals surface area (Å²) in [7, 11) is 0. The number of nitriles is 1. The lowest BCUT2D eigenvalue weighted by molar-refractivity contribution is -0.137. The Morgan fingerprint density at radius 3 is 2.21 bits per heavy atom. The molecule has 8 heterocycles. The lowest BCUT2D eigenvalue weighted by atomic mass is 9.72. The topological polar surface area (TPSA) is 182 Å². The Hall–Kier alpha value is -7.62. The van der Waals surface area contributed by atoms with Crippen molar-refractivity contribution in [2.45, 2.75) is 116 Å². The smallest absolute Gasteiger partial charge is 0.417 e. The molecule has 15 nitrogen and oxygen atoms in total. The normalized spacial score (nSPS) is 19.7.